The van der Waals surface area contributed by atoms with Crippen molar-refractivity contribution in [3.63, 3.8) is 0 Å². The van der Waals surface area contributed by atoms with Gasteiger partial charge in [0, 0.05) is 12.3 Å². The van der Waals surface area contributed by atoms with Crippen molar-refractivity contribution in [1.29, 1.82) is 0 Å². The molecule has 174 valence electrons. The summed E-state index contributed by atoms with van der Waals surface area (Å²) in [7, 11) is 0. The second-order valence-corrected chi connectivity index (χ2v) is 7.20. The van der Waals surface area contributed by atoms with Crippen LogP contribution >= 0.6 is 0 Å². The van der Waals surface area contributed by atoms with Crippen LogP contribution in [0.5, 0.6) is 0 Å². The third-order valence-corrected chi connectivity index (χ3v) is 4.58. The molecule has 0 radical (unpaired) electrons. The minimum Gasteiger partial charge on any atom is -0.465 e. The number of fused-ring (bicyclic) bond motifs is 1. The van der Waals surface area contributed by atoms with Crippen LogP contribution in [0.3, 0.4) is 0 Å². The molecule has 33 heavy (non-hydrogen) atoms. The third kappa shape index (κ3) is 6.99. The molecule has 0 spiro atoms. The van der Waals surface area contributed by atoms with Crippen molar-refractivity contribution in [2.24, 2.45) is 4.99 Å². The number of benzene rings is 1. The van der Waals surface area contributed by atoms with Crippen LogP contribution in [0.1, 0.15) is 32.3 Å². The van der Waals surface area contributed by atoms with Gasteiger partial charge in [-0.05, 0) is 32.3 Å². The first kappa shape index (κ1) is 23.6. The van der Waals surface area contributed by atoms with E-state index in [1.807, 2.05) is 30.3 Å². The predicted molar refractivity (Wildman–Crippen MR) is 124 cm³/mol. The summed E-state index contributed by atoms with van der Waals surface area (Å²) in [5, 5.41) is 3.10. The zero-order chi connectivity index (χ0) is 23.6. The van der Waals surface area contributed by atoms with E-state index in [4.69, 9.17) is 15.2 Å². The molecule has 0 aliphatic heterocycles. The van der Waals surface area contributed by atoms with Gasteiger partial charge in [-0.25, -0.2) is 9.78 Å². The summed E-state index contributed by atoms with van der Waals surface area (Å²) in [6, 6.07) is 9.43. The molecule has 0 aliphatic carbocycles. The summed E-state index contributed by atoms with van der Waals surface area (Å²) < 4.78 is 11.7. The van der Waals surface area contributed by atoms with Crippen molar-refractivity contribution in [3.05, 3.63) is 42.2 Å². The van der Waals surface area contributed by atoms with Crippen molar-refractivity contribution in [2.75, 3.05) is 24.2 Å². The fourth-order valence-electron chi connectivity index (χ4n) is 3.01. The number of hydrogen-bond acceptors (Lipinski definition) is 9. The topological polar surface area (TPSA) is 147 Å². The van der Waals surface area contributed by atoms with E-state index in [-0.39, 0.29) is 24.9 Å². The van der Waals surface area contributed by atoms with Crippen LogP contribution in [-0.2, 0) is 27.4 Å². The summed E-state index contributed by atoms with van der Waals surface area (Å²) in [5.41, 5.74) is 8.41. The number of anilines is 2. The Bertz CT molecular complexity index is 1130. The smallest absolute Gasteiger partial charge is 0.433 e. The molecule has 0 atom stereocenters. The number of nitrogen functional groups attached to an aromatic ring is 1. The number of aliphatic imine (C=N–C) groups is 1. The number of ether oxygens (including phenoxy) is 2. The highest BCUT2D eigenvalue weighted by Crippen LogP contribution is 2.18. The zero-order valence-corrected chi connectivity index (χ0v) is 18.7. The van der Waals surface area contributed by atoms with E-state index in [0.717, 1.165) is 5.56 Å². The first-order chi connectivity index (χ1) is 16.0. The molecule has 0 saturated heterocycles. The average Bonchev–Trinajstić information content (AvgIpc) is 3.19. The maximum atomic E-state index is 11.9. The van der Waals surface area contributed by atoms with Crippen molar-refractivity contribution < 1.29 is 19.1 Å². The lowest BCUT2D eigenvalue weighted by atomic mass is 10.2. The number of amides is 1. The average molecular weight is 454 g/mol. The predicted octanol–water partition coefficient (Wildman–Crippen LogP) is 2.96. The number of aromatic nitrogens is 4. The number of nitrogens with two attached hydrogens (primary N) is 1. The Morgan fingerprint density at radius 2 is 1.97 bits per heavy atom. The molecule has 0 bridgehead atoms. The molecule has 0 fully saturated rings. The van der Waals surface area contributed by atoms with Gasteiger partial charge >= 0.3 is 12.1 Å². The van der Waals surface area contributed by atoms with Crippen molar-refractivity contribution in [2.45, 2.75) is 39.8 Å². The van der Waals surface area contributed by atoms with E-state index in [9.17, 15) is 9.59 Å². The normalized spacial score (nSPS) is 11.4. The van der Waals surface area contributed by atoms with E-state index >= 15 is 0 Å². The second-order valence-electron chi connectivity index (χ2n) is 7.20. The summed E-state index contributed by atoms with van der Waals surface area (Å²) >= 11 is 0. The van der Waals surface area contributed by atoms with Crippen molar-refractivity contribution in [3.8, 4) is 0 Å². The lowest BCUT2D eigenvalue weighted by Crippen LogP contribution is -2.14. The first-order valence-electron chi connectivity index (χ1n) is 10.6. The summed E-state index contributed by atoms with van der Waals surface area (Å²) in [6.45, 7) is 4.51. The zero-order valence-electron chi connectivity index (χ0n) is 18.7. The Balaban J connectivity index is 1.49. The van der Waals surface area contributed by atoms with Gasteiger partial charge in [-0.3, -0.25) is 4.79 Å². The maximum Gasteiger partial charge on any atom is 0.433 e. The Labute approximate surface area is 191 Å². The molecule has 3 rings (SSSR count). The highest BCUT2D eigenvalue weighted by Gasteiger charge is 2.14. The Kier molecular flexibility index (Phi) is 8.28. The summed E-state index contributed by atoms with van der Waals surface area (Å²) in [4.78, 5) is 40.4. The molecule has 0 saturated carbocycles. The molecule has 11 nitrogen and oxygen atoms in total. The molecule has 0 unspecified atom stereocenters. The number of nitrogens with one attached hydrogen (secondary N) is 1. The molecular weight excluding hydrogens is 426 g/mol. The fourth-order valence-corrected chi connectivity index (χ4v) is 3.01. The molecule has 0 aliphatic rings. The maximum absolute atomic E-state index is 11.9. The minimum atomic E-state index is -0.610. The molecule has 3 aromatic rings. The van der Waals surface area contributed by atoms with Gasteiger partial charge in [0.1, 0.15) is 18.7 Å². The van der Waals surface area contributed by atoms with Gasteiger partial charge < -0.3 is 25.1 Å². The van der Waals surface area contributed by atoms with E-state index in [0.29, 0.717) is 48.8 Å². The third-order valence-electron chi connectivity index (χ3n) is 4.58. The minimum absolute atomic E-state index is 0.0176. The largest absolute Gasteiger partial charge is 0.465 e. The fraction of sp³-hybridized carbons (Fsp3) is 0.364. The highest BCUT2D eigenvalue weighted by molar-refractivity contribution is 5.91. The van der Waals surface area contributed by atoms with Crippen LogP contribution in [0.15, 0.2) is 41.7 Å². The Morgan fingerprint density at radius 3 is 2.73 bits per heavy atom. The monoisotopic (exact) mass is 453 g/mol. The molecule has 2 heterocycles. The number of carbonyl (C=O) groups excluding carboxylic acids is 2. The summed E-state index contributed by atoms with van der Waals surface area (Å²) in [6.07, 6.45) is 2.14. The van der Waals surface area contributed by atoms with Crippen LogP contribution < -0.4 is 11.1 Å². The lowest BCUT2D eigenvalue weighted by molar-refractivity contribution is -0.143. The van der Waals surface area contributed by atoms with Gasteiger partial charge in [-0.15, -0.1) is 0 Å². The number of carbonyl (C=O) groups is 2. The highest BCUT2D eigenvalue weighted by atomic mass is 16.5. The number of imidazole rings is 1. The van der Waals surface area contributed by atoms with E-state index < -0.39 is 6.09 Å². The summed E-state index contributed by atoms with van der Waals surface area (Å²) in [5.74, 6) is 0.145. The van der Waals surface area contributed by atoms with Gasteiger partial charge in [0.15, 0.2) is 11.5 Å². The van der Waals surface area contributed by atoms with Gasteiger partial charge in [-0.1, -0.05) is 30.3 Å². The van der Waals surface area contributed by atoms with Gasteiger partial charge in [0.05, 0.1) is 12.9 Å². The number of hydrogen-bond donors (Lipinski definition) is 2. The molecule has 2 aromatic heterocycles. The van der Waals surface area contributed by atoms with E-state index in [2.05, 4.69) is 25.3 Å². The first-order valence-corrected chi connectivity index (χ1v) is 10.6. The van der Waals surface area contributed by atoms with Gasteiger partial charge in [0.25, 0.3) is 0 Å². The van der Waals surface area contributed by atoms with Crippen molar-refractivity contribution >= 4 is 40.7 Å². The molecular formula is C22H27N7O4. The SMILES string of the molecule is CCOC(=O)Cn1cnc2c(N)nc(NCCC/C(C)=N\C(=O)OCc3ccccc3)nc21. The van der Waals surface area contributed by atoms with Crippen LogP contribution in [0, 0.1) is 0 Å². The molecule has 11 heteroatoms. The van der Waals surface area contributed by atoms with Crippen LogP contribution in [-0.4, -0.2) is 50.4 Å². The van der Waals surface area contributed by atoms with E-state index in [1.165, 1.54) is 6.33 Å². The second kappa shape index (κ2) is 11.6. The van der Waals surface area contributed by atoms with Crippen LogP contribution in [0.4, 0.5) is 16.6 Å². The van der Waals surface area contributed by atoms with Gasteiger partial charge in [-0.2, -0.15) is 15.0 Å². The van der Waals surface area contributed by atoms with E-state index in [1.54, 1.807) is 18.4 Å². The van der Waals surface area contributed by atoms with Crippen LogP contribution in [0.2, 0.25) is 0 Å². The Morgan fingerprint density at radius 1 is 1.18 bits per heavy atom. The Hall–Kier alpha value is -4.02. The standard InChI is InChI=1S/C22H27N7O4/c1-3-32-17(30)12-29-14-25-18-19(23)27-21(28-20(18)29)24-11-7-8-15(2)26-22(31)33-13-16-9-5-4-6-10-16/h4-6,9-10,14H,3,7-8,11-13H2,1-2H3,(H3,23,24,27,28)/b26-15-. The van der Waals surface area contributed by atoms with Crippen molar-refractivity contribution in [1.82, 2.24) is 19.5 Å². The number of rotatable bonds is 10. The molecule has 3 N–H and O–H groups in total. The van der Waals surface area contributed by atoms with Gasteiger partial charge in [0.2, 0.25) is 5.95 Å². The quantitative estimate of drug-likeness (QED) is 0.268. The molecule has 1 amide bonds. The lowest BCUT2D eigenvalue weighted by Gasteiger charge is -2.08. The molecule has 1 aromatic carbocycles. The number of esters is 1. The number of nitrogens with zero attached hydrogens (tertiary/aromatic N) is 5. The van der Waals surface area contributed by atoms with Crippen LogP contribution in [0.25, 0.3) is 11.2 Å².